The number of aliphatic imine (C=N–C) groups is 1. The van der Waals surface area contributed by atoms with E-state index in [2.05, 4.69) is 26.1 Å². The number of nitro groups is 1. The monoisotopic (exact) mass is 319 g/mol. The highest BCUT2D eigenvalue weighted by Gasteiger charge is 2.56. The van der Waals surface area contributed by atoms with Crippen LogP contribution in [0.25, 0.3) is 0 Å². The first-order valence-electron chi connectivity index (χ1n) is 7.56. The summed E-state index contributed by atoms with van der Waals surface area (Å²) in [5.41, 5.74) is 0.824. The predicted molar refractivity (Wildman–Crippen MR) is 90.3 cm³/mol. The van der Waals surface area contributed by atoms with Crippen molar-refractivity contribution in [3.8, 4) is 0 Å². The Hall–Kier alpha value is -1.56. The van der Waals surface area contributed by atoms with E-state index in [9.17, 15) is 10.1 Å². The Morgan fingerprint density at radius 2 is 2.23 bits per heavy atom. The van der Waals surface area contributed by atoms with Gasteiger partial charge in [0.25, 0.3) is 5.69 Å². The van der Waals surface area contributed by atoms with E-state index in [0.717, 1.165) is 29.3 Å². The Balaban J connectivity index is 1.96. The average molecular weight is 319 g/mol. The molecule has 1 fully saturated rings. The third kappa shape index (κ3) is 2.97. The normalized spacial score (nSPS) is 27.4. The lowest BCUT2D eigenvalue weighted by atomic mass is 10.0. The molecule has 1 aromatic rings. The van der Waals surface area contributed by atoms with E-state index in [0.29, 0.717) is 5.92 Å². The van der Waals surface area contributed by atoms with Gasteiger partial charge in [-0.3, -0.25) is 15.1 Å². The Morgan fingerprint density at radius 1 is 1.45 bits per heavy atom. The third-order valence-corrected chi connectivity index (χ3v) is 5.02. The van der Waals surface area contributed by atoms with Gasteiger partial charge in [0.15, 0.2) is 5.17 Å². The number of thioether (sulfide) groups is 1. The molecular formula is C16H21N3O2S. The molecule has 0 spiro atoms. The largest absolute Gasteiger partial charge is 0.360 e. The molecule has 1 aliphatic carbocycles. The minimum Gasteiger partial charge on any atom is -0.360 e. The van der Waals surface area contributed by atoms with Crippen LogP contribution in [0.5, 0.6) is 0 Å². The van der Waals surface area contributed by atoms with Crippen LogP contribution >= 0.6 is 11.8 Å². The lowest BCUT2D eigenvalue weighted by Crippen LogP contribution is -2.39. The second-order valence-electron chi connectivity index (χ2n) is 7.06. The Kier molecular flexibility index (Phi) is 3.67. The van der Waals surface area contributed by atoms with Crippen molar-refractivity contribution in [3.63, 3.8) is 0 Å². The molecule has 3 rings (SSSR count). The number of fused-ring (bicyclic) bond motifs is 1. The number of nitrogens with one attached hydrogen (secondary N) is 1. The maximum absolute atomic E-state index is 11.0. The molecule has 1 aromatic carbocycles. The van der Waals surface area contributed by atoms with E-state index in [1.54, 1.807) is 30.0 Å². The minimum atomic E-state index is -0.332. The number of non-ortho nitro benzene ring substituents is 1. The fourth-order valence-electron chi connectivity index (χ4n) is 3.00. The molecule has 2 unspecified atom stereocenters. The van der Waals surface area contributed by atoms with Gasteiger partial charge >= 0.3 is 0 Å². The van der Waals surface area contributed by atoms with Gasteiger partial charge in [0, 0.05) is 23.4 Å². The van der Waals surface area contributed by atoms with E-state index in [1.165, 1.54) is 0 Å². The maximum Gasteiger partial charge on any atom is 0.269 e. The summed E-state index contributed by atoms with van der Waals surface area (Å²) in [5, 5.41) is 15.5. The summed E-state index contributed by atoms with van der Waals surface area (Å²) in [6, 6.07) is 6.97. The number of hydrogen-bond acceptors (Lipinski definition) is 5. The molecule has 1 N–H and O–H groups in total. The zero-order valence-electron chi connectivity index (χ0n) is 13.1. The zero-order chi connectivity index (χ0) is 16.0. The Bertz CT molecular complexity index is 639. The lowest BCUT2D eigenvalue weighted by Gasteiger charge is -2.23. The van der Waals surface area contributed by atoms with Crippen molar-refractivity contribution >= 4 is 22.6 Å². The number of hydrogen-bond donors (Lipinski definition) is 1. The molecule has 0 radical (unpaired) electrons. The summed E-state index contributed by atoms with van der Waals surface area (Å²) in [4.78, 5) is 15.7. The van der Waals surface area contributed by atoms with Crippen LogP contribution in [0, 0.1) is 16.0 Å². The first kappa shape index (κ1) is 15.3. The standard InChI is InChI=1S/C16H21N3O2S/c1-15(2,3)17-14-18-16(10-12(16)7-8-22-14)11-5-4-6-13(9-11)19(20)21/h4-6,9,12H,7-8,10H2,1-3H3,(H,17,18). The van der Waals surface area contributed by atoms with Crippen LogP contribution in [0.4, 0.5) is 5.69 Å². The molecule has 1 heterocycles. The van der Waals surface area contributed by atoms with Crippen molar-refractivity contribution in [2.75, 3.05) is 5.75 Å². The molecule has 6 heteroatoms. The zero-order valence-corrected chi connectivity index (χ0v) is 13.9. The molecule has 2 aliphatic rings. The minimum absolute atomic E-state index is 0.0373. The van der Waals surface area contributed by atoms with Gasteiger partial charge in [-0.25, -0.2) is 0 Å². The molecule has 118 valence electrons. The second-order valence-corrected chi connectivity index (χ2v) is 8.15. The molecule has 0 amide bonds. The van der Waals surface area contributed by atoms with Crippen LogP contribution in [0.2, 0.25) is 0 Å². The summed E-state index contributed by atoms with van der Waals surface area (Å²) >= 11 is 1.75. The van der Waals surface area contributed by atoms with Gasteiger partial charge in [0.1, 0.15) is 0 Å². The molecule has 22 heavy (non-hydrogen) atoms. The van der Waals surface area contributed by atoms with Crippen molar-refractivity contribution in [2.45, 2.75) is 44.7 Å². The van der Waals surface area contributed by atoms with Crippen LogP contribution in [0.15, 0.2) is 29.3 Å². The second kappa shape index (κ2) is 5.26. The molecular weight excluding hydrogens is 298 g/mol. The number of rotatable bonds is 2. The SMILES string of the molecule is CC(C)(C)NC1=NC2(c3cccc([N+](=O)[O-])c3)CC2CCS1. The maximum atomic E-state index is 11.0. The van der Waals surface area contributed by atoms with Gasteiger partial charge < -0.3 is 5.32 Å². The van der Waals surface area contributed by atoms with Crippen molar-refractivity contribution < 1.29 is 4.92 Å². The molecule has 2 atom stereocenters. The van der Waals surface area contributed by atoms with E-state index < -0.39 is 0 Å². The fraction of sp³-hybridized carbons (Fsp3) is 0.562. The first-order chi connectivity index (χ1) is 10.3. The van der Waals surface area contributed by atoms with Gasteiger partial charge in [-0.1, -0.05) is 23.9 Å². The summed E-state index contributed by atoms with van der Waals surface area (Å²) in [6.45, 7) is 6.35. The van der Waals surface area contributed by atoms with Gasteiger partial charge in [-0.15, -0.1) is 0 Å². The average Bonchev–Trinajstić information content (AvgIpc) is 3.12. The number of nitrogens with zero attached hydrogens (tertiary/aromatic N) is 2. The molecule has 0 aromatic heterocycles. The van der Waals surface area contributed by atoms with Crippen molar-refractivity contribution in [1.82, 2.24) is 5.32 Å². The van der Waals surface area contributed by atoms with Gasteiger partial charge in [0.05, 0.1) is 10.5 Å². The molecule has 5 nitrogen and oxygen atoms in total. The highest BCUT2D eigenvalue weighted by Crippen LogP contribution is 2.59. The summed E-state index contributed by atoms with van der Waals surface area (Å²) in [5.74, 6) is 1.55. The summed E-state index contributed by atoms with van der Waals surface area (Å²) in [7, 11) is 0. The highest BCUT2D eigenvalue weighted by molar-refractivity contribution is 8.13. The van der Waals surface area contributed by atoms with E-state index in [-0.39, 0.29) is 21.7 Å². The van der Waals surface area contributed by atoms with Crippen LogP contribution in [0.1, 0.15) is 39.2 Å². The van der Waals surface area contributed by atoms with E-state index >= 15 is 0 Å². The quantitative estimate of drug-likeness (QED) is 0.667. The third-order valence-electron chi connectivity index (χ3n) is 4.12. The lowest BCUT2D eigenvalue weighted by molar-refractivity contribution is -0.384. The number of amidine groups is 1. The van der Waals surface area contributed by atoms with Gasteiger partial charge in [-0.2, -0.15) is 0 Å². The van der Waals surface area contributed by atoms with Gasteiger partial charge in [-0.05, 0) is 45.1 Å². The number of benzene rings is 1. The van der Waals surface area contributed by atoms with Crippen molar-refractivity contribution in [3.05, 3.63) is 39.9 Å². The Labute approximate surface area is 134 Å². The van der Waals surface area contributed by atoms with Crippen LogP contribution in [-0.4, -0.2) is 21.4 Å². The topological polar surface area (TPSA) is 67.5 Å². The van der Waals surface area contributed by atoms with E-state index in [4.69, 9.17) is 4.99 Å². The molecule has 1 saturated carbocycles. The predicted octanol–water partition coefficient (Wildman–Crippen LogP) is 3.69. The highest BCUT2D eigenvalue weighted by atomic mass is 32.2. The summed E-state index contributed by atoms with van der Waals surface area (Å²) in [6.07, 6.45) is 2.09. The molecule has 0 bridgehead atoms. The summed E-state index contributed by atoms with van der Waals surface area (Å²) < 4.78 is 0. The van der Waals surface area contributed by atoms with Crippen LogP contribution in [0.3, 0.4) is 0 Å². The fourth-order valence-corrected chi connectivity index (χ4v) is 4.20. The van der Waals surface area contributed by atoms with Crippen molar-refractivity contribution in [1.29, 1.82) is 0 Å². The smallest absolute Gasteiger partial charge is 0.269 e. The van der Waals surface area contributed by atoms with E-state index in [1.807, 2.05) is 6.07 Å². The molecule has 1 aliphatic heterocycles. The van der Waals surface area contributed by atoms with Gasteiger partial charge in [0.2, 0.25) is 0 Å². The molecule has 0 saturated heterocycles. The van der Waals surface area contributed by atoms with Crippen LogP contribution in [-0.2, 0) is 5.54 Å². The van der Waals surface area contributed by atoms with Crippen LogP contribution < -0.4 is 5.32 Å². The first-order valence-corrected chi connectivity index (χ1v) is 8.54. The Morgan fingerprint density at radius 3 is 2.91 bits per heavy atom. The number of nitro benzene ring substituents is 1. The van der Waals surface area contributed by atoms with Crippen molar-refractivity contribution in [2.24, 2.45) is 10.9 Å².